The third-order valence-electron chi connectivity index (χ3n) is 3.73. The van der Waals surface area contributed by atoms with Gasteiger partial charge in [0.2, 0.25) is 5.89 Å². The smallest absolute Gasteiger partial charge is 0.326 e. The molecule has 0 bridgehead atoms. The van der Waals surface area contributed by atoms with Gasteiger partial charge in [-0.05, 0) is 25.2 Å². The van der Waals surface area contributed by atoms with Crippen molar-refractivity contribution in [2.45, 2.75) is 51.7 Å². The number of aliphatic carboxylic acids is 1. The first-order valence-electron chi connectivity index (χ1n) is 7.73. The Balaban J connectivity index is 1.87. The molecule has 128 valence electrons. The summed E-state index contributed by atoms with van der Waals surface area (Å²) in [6.07, 6.45) is 1.88. The molecule has 2 rings (SSSR count). The van der Waals surface area contributed by atoms with Crippen molar-refractivity contribution < 1.29 is 19.2 Å². The highest BCUT2D eigenvalue weighted by Gasteiger charge is 2.34. The van der Waals surface area contributed by atoms with Gasteiger partial charge in [0.25, 0.3) is 0 Å². The minimum absolute atomic E-state index is 0.0447. The monoisotopic (exact) mass is 325 g/mol. The third kappa shape index (κ3) is 4.41. The zero-order valence-electron chi connectivity index (χ0n) is 13.4. The number of hydrogen-bond donors (Lipinski definition) is 3. The molecule has 1 fully saturated rings. The fourth-order valence-electron chi connectivity index (χ4n) is 2.62. The van der Waals surface area contributed by atoms with Gasteiger partial charge < -0.3 is 25.6 Å². The Bertz CT molecular complexity index is 559. The second-order valence-electron chi connectivity index (χ2n) is 6.13. The number of carboxylic acid groups (broad SMARTS) is 1. The number of hydrogen-bond acceptors (Lipinski definition) is 6. The predicted octanol–water partition coefficient (Wildman–Crippen LogP) is 0.874. The Morgan fingerprint density at radius 1 is 1.52 bits per heavy atom. The number of urea groups is 1. The second-order valence-corrected chi connectivity index (χ2v) is 6.13. The van der Waals surface area contributed by atoms with E-state index in [0.717, 1.165) is 6.42 Å². The van der Waals surface area contributed by atoms with Crippen LogP contribution in [0.1, 0.15) is 50.9 Å². The molecule has 0 spiro atoms. The molecule has 1 aromatic heterocycles. The normalized spacial score (nSPS) is 19.1. The molecule has 1 aliphatic rings. The van der Waals surface area contributed by atoms with Gasteiger partial charge in [0, 0.05) is 6.54 Å². The van der Waals surface area contributed by atoms with Gasteiger partial charge in [-0.1, -0.05) is 19.0 Å². The van der Waals surface area contributed by atoms with Crippen LogP contribution in [0.15, 0.2) is 4.52 Å². The SMILES string of the molecule is CC(C)CC(N)c1noc(CNC(=O)N2CCCC2C(=O)O)n1. The summed E-state index contributed by atoms with van der Waals surface area (Å²) in [6.45, 7) is 4.58. The van der Waals surface area contributed by atoms with Gasteiger partial charge in [0.05, 0.1) is 12.6 Å². The van der Waals surface area contributed by atoms with Crippen LogP contribution < -0.4 is 11.1 Å². The molecule has 2 unspecified atom stereocenters. The topological polar surface area (TPSA) is 135 Å². The molecule has 2 heterocycles. The zero-order chi connectivity index (χ0) is 17.0. The lowest BCUT2D eigenvalue weighted by Crippen LogP contribution is -2.45. The van der Waals surface area contributed by atoms with Crippen molar-refractivity contribution in [2.24, 2.45) is 11.7 Å². The van der Waals surface area contributed by atoms with Gasteiger partial charge in [0.15, 0.2) is 5.82 Å². The van der Waals surface area contributed by atoms with Crippen molar-refractivity contribution in [2.75, 3.05) is 6.54 Å². The Morgan fingerprint density at radius 3 is 2.91 bits per heavy atom. The molecule has 0 radical (unpaired) electrons. The molecule has 0 aromatic carbocycles. The molecule has 1 aromatic rings. The largest absolute Gasteiger partial charge is 0.480 e. The lowest BCUT2D eigenvalue weighted by molar-refractivity contribution is -0.141. The summed E-state index contributed by atoms with van der Waals surface area (Å²) in [4.78, 5) is 28.6. The minimum atomic E-state index is -0.989. The fraction of sp³-hybridized carbons (Fsp3) is 0.714. The summed E-state index contributed by atoms with van der Waals surface area (Å²) in [5.74, 6) is 0.0818. The van der Waals surface area contributed by atoms with Crippen LogP contribution in [-0.2, 0) is 11.3 Å². The van der Waals surface area contributed by atoms with E-state index in [9.17, 15) is 9.59 Å². The van der Waals surface area contributed by atoms with Crippen LogP contribution in [0.5, 0.6) is 0 Å². The van der Waals surface area contributed by atoms with Crippen LogP contribution in [0.2, 0.25) is 0 Å². The Morgan fingerprint density at radius 2 is 2.26 bits per heavy atom. The molecule has 4 N–H and O–H groups in total. The summed E-state index contributed by atoms with van der Waals surface area (Å²) >= 11 is 0. The van der Waals surface area contributed by atoms with Crippen molar-refractivity contribution in [3.63, 3.8) is 0 Å². The van der Waals surface area contributed by atoms with Gasteiger partial charge in [0.1, 0.15) is 6.04 Å². The Hall–Kier alpha value is -2.16. The molecular formula is C14H23N5O4. The average Bonchev–Trinajstić information content (AvgIpc) is 3.13. The highest BCUT2D eigenvalue weighted by molar-refractivity contribution is 5.83. The number of nitrogens with zero attached hydrogens (tertiary/aromatic N) is 3. The average molecular weight is 325 g/mol. The number of carbonyl (C=O) groups excluding carboxylic acids is 1. The van der Waals surface area contributed by atoms with E-state index in [4.69, 9.17) is 15.4 Å². The minimum Gasteiger partial charge on any atom is -0.480 e. The van der Waals surface area contributed by atoms with E-state index in [-0.39, 0.29) is 18.5 Å². The number of rotatable bonds is 6. The first-order chi connectivity index (χ1) is 10.9. The lowest BCUT2D eigenvalue weighted by Gasteiger charge is -2.21. The maximum absolute atomic E-state index is 12.1. The summed E-state index contributed by atoms with van der Waals surface area (Å²) in [5.41, 5.74) is 5.97. The maximum atomic E-state index is 12.1. The summed E-state index contributed by atoms with van der Waals surface area (Å²) in [7, 11) is 0. The number of likely N-dealkylation sites (tertiary alicyclic amines) is 1. The molecule has 1 aliphatic heterocycles. The standard InChI is InChI=1S/C14H23N5O4/c1-8(2)6-9(15)12-17-11(23-18-12)7-16-14(22)19-5-3-4-10(19)13(20)21/h8-10H,3-7,15H2,1-2H3,(H,16,22)(H,20,21). The second kappa shape index (κ2) is 7.40. The number of carboxylic acids is 1. The van der Waals surface area contributed by atoms with E-state index in [0.29, 0.717) is 31.1 Å². The molecule has 9 heteroatoms. The Kier molecular flexibility index (Phi) is 5.54. The van der Waals surface area contributed by atoms with Crippen molar-refractivity contribution >= 4 is 12.0 Å². The highest BCUT2D eigenvalue weighted by atomic mass is 16.5. The van der Waals surface area contributed by atoms with Crippen LogP contribution in [0.4, 0.5) is 4.79 Å². The van der Waals surface area contributed by atoms with Gasteiger partial charge in [-0.15, -0.1) is 0 Å². The highest BCUT2D eigenvalue weighted by Crippen LogP contribution is 2.18. The van der Waals surface area contributed by atoms with E-state index >= 15 is 0 Å². The number of amides is 2. The number of carbonyl (C=O) groups is 2. The number of aromatic nitrogens is 2. The van der Waals surface area contributed by atoms with E-state index < -0.39 is 18.0 Å². The van der Waals surface area contributed by atoms with Gasteiger partial charge in [-0.3, -0.25) is 0 Å². The maximum Gasteiger partial charge on any atom is 0.326 e. The van der Waals surface area contributed by atoms with Crippen molar-refractivity contribution in [1.82, 2.24) is 20.4 Å². The van der Waals surface area contributed by atoms with E-state index in [1.165, 1.54) is 4.90 Å². The van der Waals surface area contributed by atoms with Crippen LogP contribution in [-0.4, -0.2) is 44.7 Å². The number of nitrogens with two attached hydrogens (primary N) is 1. The van der Waals surface area contributed by atoms with Crippen LogP contribution >= 0.6 is 0 Å². The van der Waals surface area contributed by atoms with Crippen LogP contribution in [0.25, 0.3) is 0 Å². The predicted molar refractivity (Wildman–Crippen MR) is 80.3 cm³/mol. The quantitative estimate of drug-likeness (QED) is 0.706. The van der Waals surface area contributed by atoms with E-state index in [1.807, 2.05) is 0 Å². The summed E-state index contributed by atoms with van der Waals surface area (Å²) in [5, 5.41) is 15.5. The molecule has 23 heavy (non-hydrogen) atoms. The zero-order valence-corrected chi connectivity index (χ0v) is 13.4. The van der Waals surface area contributed by atoms with Crippen molar-refractivity contribution in [1.29, 1.82) is 0 Å². The molecule has 2 amide bonds. The molecule has 9 nitrogen and oxygen atoms in total. The van der Waals surface area contributed by atoms with Crippen LogP contribution in [0.3, 0.4) is 0 Å². The Labute approximate surface area is 134 Å². The van der Waals surface area contributed by atoms with Crippen molar-refractivity contribution in [3.05, 3.63) is 11.7 Å². The summed E-state index contributed by atoms with van der Waals surface area (Å²) < 4.78 is 5.06. The molecule has 0 aliphatic carbocycles. The first-order valence-corrected chi connectivity index (χ1v) is 7.73. The van der Waals surface area contributed by atoms with Gasteiger partial charge in [-0.25, -0.2) is 9.59 Å². The molecular weight excluding hydrogens is 302 g/mol. The molecule has 2 atom stereocenters. The van der Waals surface area contributed by atoms with Gasteiger partial charge >= 0.3 is 12.0 Å². The van der Waals surface area contributed by atoms with E-state index in [2.05, 4.69) is 29.3 Å². The van der Waals surface area contributed by atoms with E-state index in [1.54, 1.807) is 0 Å². The molecule has 0 saturated carbocycles. The van der Waals surface area contributed by atoms with Crippen LogP contribution in [0, 0.1) is 5.92 Å². The lowest BCUT2D eigenvalue weighted by atomic mass is 10.0. The first kappa shape index (κ1) is 17.2. The fourth-order valence-corrected chi connectivity index (χ4v) is 2.62. The molecule has 1 saturated heterocycles. The van der Waals surface area contributed by atoms with Gasteiger partial charge in [-0.2, -0.15) is 4.98 Å². The summed E-state index contributed by atoms with van der Waals surface area (Å²) in [6, 6.07) is -1.52. The van der Waals surface area contributed by atoms with Crippen molar-refractivity contribution in [3.8, 4) is 0 Å². The number of nitrogens with one attached hydrogen (secondary N) is 1. The third-order valence-corrected chi connectivity index (χ3v) is 3.73.